The minimum absolute atomic E-state index is 0.173. The lowest BCUT2D eigenvalue weighted by atomic mass is 9.69. The van der Waals surface area contributed by atoms with E-state index in [9.17, 15) is 18.5 Å². The zero-order valence-corrected chi connectivity index (χ0v) is 15.5. The van der Waals surface area contributed by atoms with Crippen LogP contribution >= 0.6 is 0 Å². The van der Waals surface area contributed by atoms with Gasteiger partial charge in [-0.15, -0.1) is 0 Å². The van der Waals surface area contributed by atoms with Gasteiger partial charge in [0, 0.05) is 19.6 Å². The van der Waals surface area contributed by atoms with Crippen molar-refractivity contribution in [2.45, 2.75) is 43.8 Å². The zero-order chi connectivity index (χ0) is 18.4. The van der Waals surface area contributed by atoms with Crippen LogP contribution in [0.3, 0.4) is 0 Å². The maximum Gasteiger partial charge on any atom is 0.243 e. The SMILES string of the molecule is N#CC1(C(=O)N2CCC[C@@H](S(=O)(=O)N3CCc4ccccc43)C2)CCC1. The van der Waals surface area contributed by atoms with Gasteiger partial charge in [0.2, 0.25) is 15.9 Å². The van der Waals surface area contributed by atoms with Crippen LogP contribution < -0.4 is 4.31 Å². The van der Waals surface area contributed by atoms with Gasteiger partial charge >= 0.3 is 0 Å². The smallest absolute Gasteiger partial charge is 0.243 e. The Morgan fingerprint density at radius 3 is 2.65 bits per heavy atom. The molecule has 0 bridgehead atoms. The summed E-state index contributed by atoms with van der Waals surface area (Å²) in [4.78, 5) is 14.4. The van der Waals surface area contributed by atoms with Crippen LogP contribution in [0.5, 0.6) is 0 Å². The summed E-state index contributed by atoms with van der Waals surface area (Å²) in [5.74, 6) is -0.173. The second-order valence-corrected chi connectivity index (χ2v) is 9.70. The number of hydrogen-bond donors (Lipinski definition) is 0. The monoisotopic (exact) mass is 373 g/mol. The van der Waals surface area contributed by atoms with Crippen molar-refractivity contribution < 1.29 is 13.2 Å². The molecule has 1 saturated carbocycles. The molecule has 4 rings (SSSR count). The van der Waals surface area contributed by atoms with E-state index < -0.39 is 20.7 Å². The quantitative estimate of drug-likeness (QED) is 0.812. The van der Waals surface area contributed by atoms with Crippen molar-refractivity contribution >= 4 is 21.6 Å². The number of nitriles is 1. The average molecular weight is 373 g/mol. The van der Waals surface area contributed by atoms with E-state index in [1.54, 1.807) is 4.90 Å². The molecule has 0 unspecified atom stereocenters. The second kappa shape index (κ2) is 6.27. The van der Waals surface area contributed by atoms with E-state index in [1.165, 1.54) is 4.31 Å². The number of nitrogens with zero attached hydrogens (tertiary/aromatic N) is 3. The standard InChI is InChI=1S/C19H23N3O3S/c20-14-19(9-4-10-19)18(23)21-11-3-6-16(13-21)26(24,25)22-12-8-15-5-1-2-7-17(15)22/h1-2,5,7,16H,3-4,6,8-13H2/t16-/m1/s1. The largest absolute Gasteiger partial charge is 0.340 e. The molecule has 0 aromatic heterocycles. The molecule has 7 heteroatoms. The Bertz CT molecular complexity index is 870. The van der Waals surface area contributed by atoms with Crippen LogP contribution in [0, 0.1) is 16.7 Å². The van der Waals surface area contributed by atoms with Gasteiger partial charge in [0.25, 0.3) is 0 Å². The number of anilines is 1. The molecule has 26 heavy (non-hydrogen) atoms. The predicted molar refractivity (Wildman–Crippen MR) is 97.9 cm³/mol. The Kier molecular flexibility index (Phi) is 4.19. The molecule has 1 aliphatic carbocycles. The summed E-state index contributed by atoms with van der Waals surface area (Å²) in [6.07, 6.45) is 4.02. The number of carbonyl (C=O) groups excluding carboxylic acids is 1. The number of rotatable bonds is 3. The van der Waals surface area contributed by atoms with Gasteiger partial charge in [-0.2, -0.15) is 5.26 Å². The van der Waals surface area contributed by atoms with Gasteiger partial charge < -0.3 is 4.90 Å². The number of piperidine rings is 1. The molecule has 2 heterocycles. The second-order valence-electron chi connectivity index (χ2n) is 7.56. The molecule has 0 radical (unpaired) electrons. The Balaban J connectivity index is 1.55. The summed E-state index contributed by atoms with van der Waals surface area (Å²) >= 11 is 0. The number of likely N-dealkylation sites (tertiary alicyclic amines) is 1. The van der Waals surface area contributed by atoms with Crippen LogP contribution in [0.25, 0.3) is 0 Å². The molecule has 1 atom stereocenters. The highest BCUT2D eigenvalue weighted by Crippen LogP contribution is 2.42. The maximum absolute atomic E-state index is 13.2. The molecule has 0 N–H and O–H groups in total. The van der Waals surface area contributed by atoms with Gasteiger partial charge in [-0.05, 0) is 50.2 Å². The first-order valence-corrected chi connectivity index (χ1v) is 10.8. The minimum Gasteiger partial charge on any atom is -0.340 e. The Labute approximate surface area is 154 Å². The van der Waals surface area contributed by atoms with Gasteiger partial charge in [0.15, 0.2) is 0 Å². The molecular weight excluding hydrogens is 350 g/mol. The van der Waals surface area contributed by atoms with Crippen molar-refractivity contribution in [2.75, 3.05) is 23.9 Å². The van der Waals surface area contributed by atoms with E-state index in [0.717, 1.165) is 24.1 Å². The summed E-state index contributed by atoms with van der Waals surface area (Å²) in [5, 5.41) is 8.83. The molecule has 2 fully saturated rings. The number of carbonyl (C=O) groups is 1. The third-order valence-corrected chi connectivity index (χ3v) is 8.29. The summed E-state index contributed by atoms with van der Waals surface area (Å²) in [6, 6.07) is 9.79. The number of para-hydroxylation sites is 1. The highest BCUT2D eigenvalue weighted by molar-refractivity contribution is 7.93. The van der Waals surface area contributed by atoms with Gasteiger partial charge in [0.1, 0.15) is 5.41 Å². The lowest BCUT2D eigenvalue weighted by molar-refractivity contribution is -0.143. The first kappa shape index (κ1) is 17.3. The Morgan fingerprint density at radius 1 is 1.19 bits per heavy atom. The van der Waals surface area contributed by atoms with E-state index in [2.05, 4.69) is 6.07 Å². The first-order valence-electron chi connectivity index (χ1n) is 9.28. The van der Waals surface area contributed by atoms with E-state index in [4.69, 9.17) is 0 Å². The zero-order valence-electron chi connectivity index (χ0n) is 14.7. The Hall–Kier alpha value is -2.07. The van der Waals surface area contributed by atoms with Crippen molar-refractivity contribution in [1.82, 2.24) is 4.90 Å². The van der Waals surface area contributed by atoms with Crippen LogP contribution in [0.2, 0.25) is 0 Å². The Morgan fingerprint density at radius 2 is 1.96 bits per heavy atom. The molecule has 3 aliphatic rings. The lowest BCUT2D eigenvalue weighted by Crippen LogP contribution is -2.54. The van der Waals surface area contributed by atoms with E-state index in [-0.39, 0.29) is 12.5 Å². The number of amides is 1. The van der Waals surface area contributed by atoms with E-state index in [0.29, 0.717) is 38.8 Å². The maximum atomic E-state index is 13.2. The number of fused-ring (bicyclic) bond motifs is 1. The molecule has 138 valence electrons. The normalized spacial score (nSPS) is 24.5. The summed E-state index contributed by atoms with van der Waals surface area (Å²) in [6.45, 7) is 1.21. The van der Waals surface area contributed by atoms with Crippen LogP contribution in [-0.2, 0) is 21.2 Å². The molecule has 0 spiro atoms. The minimum atomic E-state index is -3.53. The van der Waals surface area contributed by atoms with Crippen LogP contribution in [0.15, 0.2) is 24.3 Å². The van der Waals surface area contributed by atoms with Gasteiger partial charge in [-0.25, -0.2) is 8.42 Å². The molecule has 2 aliphatic heterocycles. The fourth-order valence-corrected chi connectivity index (χ4v) is 6.32. The van der Waals surface area contributed by atoms with Crippen LogP contribution in [0.4, 0.5) is 5.69 Å². The molecule has 1 aromatic rings. The van der Waals surface area contributed by atoms with Crippen molar-refractivity contribution in [1.29, 1.82) is 5.26 Å². The molecular formula is C19H23N3O3S. The van der Waals surface area contributed by atoms with Crippen molar-refractivity contribution in [3.63, 3.8) is 0 Å². The third kappa shape index (κ3) is 2.59. The predicted octanol–water partition coefficient (Wildman–Crippen LogP) is 2.06. The van der Waals surface area contributed by atoms with E-state index >= 15 is 0 Å². The van der Waals surface area contributed by atoms with Crippen molar-refractivity contribution in [3.05, 3.63) is 29.8 Å². The van der Waals surface area contributed by atoms with Crippen LogP contribution in [0.1, 0.15) is 37.7 Å². The third-order valence-electron chi connectivity index (χ3n) is 6.07. The van der Waals surface area contributed by atoms with Crippen molar-refractivity contribution in [2.24, 2.45) is 5.41 Å². The fraction of sp³-hybridized carbons (Fsp3) is 0.579. The summed E-state index contributed by atoms with van der Waals surface area (Å²) < 4.78 is 28.0. The summed E-state index contributed by atoms with van der Waals surface area (Å²) in [5.41, 5.74) is 0.910. The number of benzene rings is 1. The molecule has 6 nitrogen and oxygen atoms in total. The van der Waals surface area contributed by atoms with Crippen molar-refractivity contribution in [3.8, 4) is 6.07 Å². The molecule has 1 saturated heterocycles. The fourth-order valence-electron chi connectivity index (χ4n) is 4.32. The molecule has 1 aromatic carbocycles. The molecule has 1 amide bonds. The van der Waals surface area contributed by atoms with Gasteiger partial charge in [-0.1, -0.05) is 18.2 Å². The van der Waals surface area contributed by atoms with Gasteiger partial charge in [-0.3, -0.25) is 9.10 Å². The first-order chi connectivity index (χ1) is 12.5. The average Bonchev–Trinajstić information content (AvgIpc) is 3.06. The highest BCUT2D eigenvalue weighted by Gasteiger charge is 2.49. The summed E-state index contributed by atoms with van der Waals surface area (Å²) in [7, 11) is -3.53. The number of hydrogen-bond acceptors (Lipinski definition) is 4. The topological polar surface area (TPSA) is 81.5 Å². The lowest BCUT2D eigenvalue weighted by Gasteiger charge is -2.41. The highest BCUT2D eigenvalue weighted by atomic mass is 32.2. The van der Waals surface area contributed by atoms with Crippen LogP contribution in [-0.4, -0.2) is 44.1 Å². The van der Waals surface area contributed by atoms with E-state index in [1.807, 2.05) is 24.3 Å². The van der Waals surface area contributed by atoms with Gasteiger partial charge in [0.05, 0.1) is 17.0 Å². The number of sulfonamides is 1.